The summed E-state index contributed by atoms with van der Waals surface area (Å²) < 4.78 is 2.99. The molecular formula is C13H12IN3O3. The van der Waals surface area contributed by atoms with E-state index in [4.69, 9.17) is 0 Å². The number of hydrogen-bond donors (Lipinski definition) is 1. The fraction of sp³-hybridized carbons (Fsp3) is 0.154. The maximum absolute atomic E-state index is 11.9. The Kier molecular flexibility index (Phi) is 4.07. The van der Waals surface area contributed by atoms with Gasteiger partial charge in [0.15, 0.2) is 0 Å². The van der Waals surface area contributed by atoms with Crippen LogP contribution in [0.5, 0.6) is 5.88 Å². The summed E-state index contributed by atoms with van der Waals surface area (Å²) in [4.78, 5) is 27.7. The van der Waals surface area contributed by atoms with Gasteiger partial charge >= 0.3 is 5.69 Å². The molecule has 1 aromatic heterocycles. The van der Waals surface area contributed by atoms with Crippen molar-refractivity contribution in [1.82, 2.24) is 9.13 Å². The van der Waals surface area contributed by atoms with Crippen LogP contribution in [0.1, 0.15) is 5.56 Å². The fourth-order valence-electron chi connectivity index (χ4n) is 1.64. The van der Waals surface area contributed by atoms with Crippen LogP contribution >= 0.6 is 22.6 Å². The molecule has 0 fully saturated rings. The lowest BCUT2D eigenvalue weighted by Gasteiger charge is -2.06. The van der Waals surface area contributed by atoms with Crippen molar-refractivity contribution in [2.75, 3.05) is 0 Å². The predicted octanol–water partition coefficient (Wildman–Crippen LogP) is 1.14. The number of hydrogen-bond acceptors (Lipinski definition) is 4. The molecule has 0 amide bonds. The molecule has 1 heterocycles. The van der Waals surface area contributed by atoms with Crippen molar-refractivity contribution in [2.24, 2.45) is 19.1 Å². The van der Waals surface area contributed by atoms with Crippen LogP contribution in [-0.2, 0) is 14.1 Å². The van der Waals surface area contributed by atoms with Crippen molar-refractivity contribution in [1.29, 1.82) is 0 Å². The van der Waals surface area contributed by atoms with Gasteiger partial charge < -0.3 is 5.11 Å². The van der Waals surface area contributed by atoms with Gasteiger partial charge in [-0.2, -0.15) is 0 Å². The minimum atomic E-state index is -0.584. The third kappa shape index (κ3) is 2.67. The molecule has 0 aliphatic carbocycles. The van der Waals surface area contributed by atoms with Gasteiger partial charge in [0, 0.05) is 23.9 Å². The van der Waals surface area contributed by atoms with E-state index in [1.165, 1.54) is 20.3 Å². The first-order chi connectivity index (χ1) is 9.41. The highest BCUT2D eigenvalue weighted by Crippen LogP contribution is 2.15. The largest absolute Gasteiger partial charge is 0.494 e. The molecule has 20 heavy (non-hydrogen) atoms. The molecular weight excluding hydrogens is 373 g/mol. The van der Waals surface area contributed by atoms with E-state index in [9.17, 15) is 14.7 Å². The van der Waals surface area contributed by atoms with Crippen LogP contribution in [0.25, 0.3) is 0 Å². The lowest BCUT2D eigenvalue weighted by atomic mass is 10.3. The molecule has 0 radical (unpaired) electrons. The highest BCUT2D eigenvalue weighted by Gasteiger charge is 2.12. The molecule has 0 aliphatic heterocycles. The van der Waals surface area contributed by atoms with Gasteiger partial charge in [0.1, 0.15) is 5.56 Å². The molecule has 104 valence electrons. The van der Waals surface area contributed by atoms with Gasteiger partial charge in [-0.05, 0) is 46.9 Å². The summed E-state index contributed by atoms with van der Waals surface area (Å²) in [5.41, 5.74) is -0.535. The first kappa shape index (κ1) is 14.5. The highest BCUT2D eigenvalue weighted by atomic mass is 127. The summed E-state index contributed by atoms with van der Waals surface area (Å²) >= 11 is 2.18. The molecule has 2 rings (SSSR count). The van der Waals surface area contributed by atoms with Crippen LogP contribution in [0.15, 0.2) is 38.8 Å². The van der Waals surface area contributed by atoms with E-state index in [1.807, 2.05) is 12.1 Å². The van der Waals surface area contributed by atoms with Gasteiger partial charge in [-0.1, -0.05) is 0 Å². The number of aromatic nitrogens is 2. The normalized spacial score (nSPS) is 11.2. The van der Waals surface area contributed by atoms with Crippen molar-refractivity contribution in [2.45, 2.75) is 0 Å². The highest BCUT2D eigenvalue weighted by molar-refractivity contribution is 14.1. The zero-order valence-electron chi connectivity index (χ0n) is 10.9. The molecule has 1 N–H and O–H groups in total. The van der Waals surface area contributed by atoms with E-state index in [0.717, 1.165) is 12.7 Å². The predicted molar refractivity (Wildman–Crippen MR) is 85.0 cm³/mol. The minimum Gasteiger partial charge on any atom is -0.494 e. The van der Waals surface area contributed by atoms with E-state index in [1.54, 1.807) is 12.1 Å². The van der Waals surface area contributed by atoms with Crippen molar-refractivity contribution in [3.8, 4) is 5.88 Å². The minimum absolute atomic E-state index is 0.0202. The molecule has 0 aliphatic rings. The van der Waals surface area contributed by atoms with E-state index in [0.29, 0.717) is 5.69 Å². The number of halogens is 1. The zero-order valence-corrected chi connectivity index (χ0v) is 13.0. The third-order valence-electron chi connectivity index (χ3n) is 2.84. The molecule has 0 atom stereocenters. The molecule has 0 spiro atoms. The Bertz CT molecular complexity index is 788. The summed E-state index contributed by atoms with van der Waals surface area (Å²) in [6, 6.07) is 7.35. The number of aromatic hydroxyl groups is 1. The average molecular weight is 385 g/mol. The van der Waals surface area contributed by atoms with Gasteiger partial charge in [0.25, 0.3) is 5.56 Å². The van der Waals surface area contributed by atoms with Gasteiger partial charge in [-0.15, -0.1) is 0 Å². The van der Waals surface area contributed by atoms with Crippen LogP contribution < -0.4 is 11.2 Å². The first-order valence-electron chi connectivity index (χ1n) is 5.70. The quantitative estimate of drug-likeness (QED) is 0.623. The van der Waals surface area contributed by atoms with Crippen molar-refractivity contribution < 1.29 is 5.11 Å². The lowest BCUT2D eigenvalue weighted by Crippen LogP contribution is -2.38. The summed E-state index contributed by atoms with van der Waals surface area (Å²) in [6.07, 6.45) is 1.26. The van der Waals surface area contributed by atoms with Gasteiger partial charge in [-0.25, -0.2) is 4.79 Å². The number of aliphatic imine (C=N–C) groups is 1. The van der Waals surface area contributed by atoms with E-state index in [-0.39, 0.29) is 5.56 Å². The van der Waals surface area contributed by atoms with Crippen LogP contribution in [0.4, 0.5) is 5.69 Å². The van der Waals surface area contributed by atoms with Gasteiger partial charge in [0.05, 0.1) is 5.69 Å². The second-order valence-corrected chi connectivity index (χ2v) is 5.42. The van der Waals surface area contributed by atoms with E-state index in [2.05, 4.69) is 27.6 Å². The summed E-state index contributed by atoms with van der Waals surface area (Å²) in [5.74, 6) is -0.396. The molecule has 0 bridgehead atoms. The monoisotopic (exact) mass is 385 g/mol. The second kappa shape index (κ2) is 5.61. The first-order valence-corrected chi connectivity index (χ1v) is 6.78. The van der Waals surface area contributed by atoms with Crippen LogP contribution in [0.3, 0.4) is 0 Å². The Balaban J connectivity index is 2.52. The fourth-order valence-corrected chi connectivity index (χ4v) is 2.00. The summed E-state index contributed by atoms with van der Waals surface area (Å²) in [6.45, 7) is 0. The van der Waals surface area contributed by atoms with Crippen LogP contribution in [-0.4, -0.2) is 20.5 Å². The van der Waals surface area contributed by atoms with Crippen LogP contribution in [0.2, 0.25) is 0 Å². The SMILES string of the molecule is Cn1c(O)c(C=Nc2ccc(I)cc2)c(=O)n(C)c1=O. The molecule has 7 heteroatoms. The van der Waals surface area contributed by atoms with Crippen molar-refractivity contribution in [3.05, 3.63) is 54.2 Å². The van der Waals surface area contributed by atoms with E-state index < -0.39 is 17.1 Å². The molecule has 2 aromatic rings. The van der Waals surface area contributed by atoms with Gasteiger partial charge in [-0.3, -0.25) is 18.9 Å². The second-order valence-electron chi connectivity index (χ2n) is 4.18. The van der Waals surface area contributed by atoms with E-state index >= 15 is 0 Å². The topological polar surface area (TPSA) is 76.6 Å². The van der Waals surface area contributed by atoms with Crippen molar-refractivity contribution in [3.63, 3.8) is 0 Å². The summed E-state index contributed by atoms with van der Waals surface area (Å²) in [7, 11) is 2.74. The average Bonchev–Trinajstić information content (AvgIpc) is 2.45. The summed E-state index contributed by atoms with van der Waals surface area (Å²) in [5, 5.41) is 9.86. The van der Waals surface area contributed by atoms with Crippen LogP contribution in [0, 0.1) is 3.57 Å². The number of nitrogens with zero attached hydrogens (tertiary/aromatic N) is 3. The van der Waals surface area contributed by atoms with Gasteiger partial charge in [0.2, 0.25) is 5.88 Å². The van der Waals surface area contributed by atoms with Crippen molar-refractivity contribution >= 4 is 34.5 Å². The molecule has 0 unspecified atom stereocenters. The maximum atomic E-state index is 11.9. The molecule has 0 saturated heterocycles. The lowest BCUT2D eigenvalue weighted by molar-refractivity contribution is 0.410. The molecule has 0 saturated carbocycles. The maximum Gasteiger partial charge on any atom is 0.333 e. The third-order valence-corrected chi connectivity index (χ3v) is 3.56. The number of rotatable bonds is 2. The Morgan fingerprint density at radius 1 is 1.15 bits per heavy atom. The standard InChI is InChI=1S/C13H12IN3O3/c1-16-11(18)10(12(19)17(2)13(16)20)7-15-9-5-3-8(14)4-6-9/h3-7,18H,1-2H3. The Hall–Kier alpha value is -1.90. The molecule has 6 nitrogen and oxygen atoms in total. The Labute approximate surface area is 128 Å². The Morgan fingerprint density at radius 3 is 2.35 bits per heavy atom. The molecule has 1 aromatic carbocycles. The smallest absolute Gasteiger partial charge is 0.333 e. The zero-order chi connectivity index (χ0) is 14.9. The number of benzene rings is 1. The Morgan fingerprint density at radius 2 is 1.75 bits per heavy atom.